The molecule has 1 fully saturated rings. The van der Waals surface area contributed by atoms with Crippen LogP contribution in [-0.2, 0) is 6.42 Å². The maximum Gasteiger partial charge on any atom is 0.151 e. The Balaban J connectivity index is 1.56. The first-order chi connectivity index (χ1) is 15.5. The Morgan fingerprint density at radius 3 is 2.88 bits per heavy atom. The summed E-state index contributed by atoms with van der Waals surface area (Å²) in [6, 6.07) is 11.3. The number of nitrogens with two attached hydrogens (primary N) is 1. The maximum atomic E-state index is 14.4. The van der Waals surface area contributed by atoms with Crippen LogP contribution >= 0.6 is 0 Å². The number of aromatic nitrogens is 3. The first-order valence-corrected chi connectivity index (χ1v) is 10.9. The third-order valence-electron chi connectivity index (χ3n) is 6.46. The summed E-state index contributed by atoms with van der Waals surface area (Å²) in [7, 11) is 0. The first-order valence-electron chi connectivity index (χ1n) is 10.9. The molecule has 6 rings (SSSR count). The van der Waals surface area contributed by atoms with Gasteiger partial charge in [-0.25, -0.2) is 9.37 Å². The minimum Gasteiger partial charge on any atom is -0.493 e. The molecule has 0 radical (unpaired) electrons. The van der Waals surface area contributed by atoms with Gasteiger partial charge in [-0.15, -0.1) is 0 Å². The highest BCUT2D eigenvalue weighted by Gasteiger charge is 2.33. The second-order valence-electron chi connectivity index (χ2n) is 9.05. The lowest BCUT2D eigenvalue weighted by Gasteiger charge is -2.26. The average molecular weight is 429 g/mol. The number of nitrogens with one attached hydrogen (secondary N) is 1. The number of imidazole rings is 1. The molecule has 0 spiro atoms. The highest BCUT2D eigenvalue weighted by molar-refractivity contribution is 5.91. The smallest absolute Gasteiger partial charge is 0.151 e. The topological polar surface area (TPSA) is 80.1 Å². The summed E-state index contributed by atoms with van der Waals surface area (Å²) in [5, 5.41) is 0. The molecule has 0 saturated carbocycles. The van der Waals surface area contributed by atoms with Crippen molar-refractivity contribution >= 4 is 16.7 Å². The van der Waals surface area contributed by atoms with Crippen LogP contribution in [0.5, 0.6) is 5.75 Å². The molecular formula is C25H24FN5O. The number of hydrogen-bond acceptors (Lipinski definition) is 5. The Morgan fingerprint density at radius 2 is 2.06 bits per heavy atom. The highest BCUT2D eigenvalue weighted by atomic mass is 19.1. The van der Waals surface area contributed by atoms with Gasteiger partial charge in [-0.1, -0.05) is 18.2 Å². The van der Waals surface area contributed by atoms with Gasteiger partial charge in [0.25, 0.3) is 0 Å². The SMILES string of the molecule is CC1(N)CCN(c2c(-c3ccc4c(c3)OCC4)cncc2-c2nc3c(F)cccc3[nH]2)C1. The zero-order valence-corrected chi connectivity index (χ0v) is 17.9. The predicted molar refractivity (Wildman–Crippen MR) is 123 cm³/mol. The minimum absolute atomic E-state index is 0.279. The molecule has 2 aromatic heterocycles. The first kappa shape index (κ1) is 19.3. The number of fused-ring (bicyclic) bond motifs is 2. The van der Waals surface area contributed by atoms with Crippen molar-refractivity contribution in [1.82, 2.24) is 15.0 Å². The van der Waals surface area contributed by atoms with Crippen LogP contribution in [0.15, 0.2) is 48.8 Å². The van der Waals surface area contributed by atoms with E-state index in [1.807, 2.05) is 12.3 Å². The Bertz CT molecular complexity index is 1350. The lowest BCUT2D eigenvalue weighted by atomic mass is 9.99. The average Bonchev–Trinajstić information content (AvgIpc) is 3.50. The van der Waals surface area contributed by atoms with Crippen LogP contribution in [0.25, 0.3) is 33.5 Å². The van der Waals surface area contributed by atoms with Crippen molar-refractivity contribution in [1.29, 1.82) is 0 Å². The maximum absolute atomic E-state index is 14.4. The third kappa shape index (κ3) is 3.12. The molecule has 1 unspecified atom stereocenters. The van der Waals surface area contributed by atoms with E-state index in [0.29, 0.717) is 30.0 Å². The molecule has 4 aromatic rings. The van der Waals surface area contributed by atoms with Crippen LogP contribution in [0.3, 0.4) is 0 Å². The van der Waals surface area contributed by atoms with Crippen LogP contribution in [0.1, 0.15) is 18.9 Å². The summed E-state index contributed by atoms with van der Waals surface area (Å²) >= 11 is 0. The third-order valence-corrected chi connectivity index (χ3v) is 6.46. The Hall–Kier alpha value is -3.45. The number of H-pyrrole nitrogens is 1. The fraction of sp³-hybridized carbons (Fsp3) is 0.280. The summed E-state index contributed by atoms with van der Waals surface area (Å²) in [5.74, 6) is 1.18. The van der Waals surface area contributed by atoms with E-state index in [1.165, 1.54) is 11.6 Å². The summed E-state index contributed by atoms with van der Waals surface area (Å²) in [6.07, 6.45) is 5.49. The molecule has 0 amide bonds. The molecule has 2 aromatic carbocycles. The molecule has 1 saturated heterocycles. The van der Waals surface area contributed by atoms with Crippen molar-refractivity contribution in [3.63, 3.8) is 0 Å². The number of rotatable bonds is 3. The highest BCUT2D eigenvalue weighted by Crippen LogP contribution is 2.42. The summed E-state index contributed by atoms with van der Waals surface area (Å²) in [6.45, 7) is 4.33. The number of ether oxygens (including phenoxy) is 1. The number of halogens is 1. The standard InChI is InChI=1S/C25H24FN5O/c1-25(27)8-9-31(14-25)23-17(16-6-5-15-7-10-32-21(15)11-16)12-28-13-18(23)24-29-20-4-2-3-19(26)22(20)30-24/h2-6,11-13H,7-10,14,27H2,1H3,(H,29,30). The zero-order chi connectivity index (χ0) is 21.9. The van der Waals surface area contributed by atoms with E-state index in [9.17, 15) is 4.39 Å². The fourth-order valence-electron chi connectivity index (χ4n) is 4.81. The van der Waals surface area contributed by atoms with Gasteiger partial charge in [0.1, 0.15) is 17.1 Å². The molecule has 0 bridgehead atoms. The summed E-state index contributed by atoms with van der Waals surface area (Å²) in [4.78, 5) is 14.7. The number of anilines is 1. The van der Waals surface area contributed by atoms with Gasteiger partial charge in [-0.2, -0.15) is 0 Å². The van der Waals surface area contributed by atoms with Crippen LogP contribution in [0.4, 0.5) is 10.1 Å². The molecule has 2 aliphatic heterocycles. The molecule has 4 heterocycles. The van der Waals surface area contributed by atoms with Gasteiger partial charge in [0.05, 0.1) is 23.4 Å². The predicted octanol–water partition coefficient (Wildman–Crippen LogP) is 4.29. The van der Waals surface area contributed by atoms with Gasteiger partial charge in [-0.3, -0.25) is 4.98 Å². The normalized spacial score (nSPS) is 20.0. The summed E-state index contributed by atoms with van der Waals surface area (Å²) in [5.41, 5.74) is 12.3. The van der Waals surface area contributed by atoms with Crippen molar-refractivity contribution in [2.45, 2.75) is 25.3 Å². The van der Waals surface area contributed by atoms with Crippen LogP contribution in [0, 0.1) is 5.82 Å². The zero-order valence-electron chi connectivity index (χ0n) is 17.9. The van der Waals surface area contributed by atoms with Gasteiger partial charge in [-0.05, 0) is 42.7 Å². The molecule has 6 nitrogen and oxygen atoms in total. The Morgan fingerprint density at radius 1 is 1.19 bits per heavy atom. The van der Waals surface area contributed by atoms with Crippen LogP contribution in [0.2, 0.25) is 0 Å². The number of nitrogens with zero attached hydrogens (tertiary/aromatic N) is 3. The molecule has 32 heavy (non-hydrogen) atoms. The molecule has 7 heteroatoms. The lowest BCUT2D eigenvalue weighted by Crippen LogP contribution is -2.39. The van der Waals surface area contributed by atoms with E-state index >= 15 is 0 Å². The van der Waals surface area contributed by atoms with E-state index in [2.05, 4.69) is 45.0 Å². The largest absolute Gasteiger partial charge is 0.493 e. The van der Waals surface area contributed by atoms with Gasteiger partial charge in [0.15, 0.2) is 5.82 Å². The number of hydrogen-bond donors (Lipinski definition) is 2. The van der Waals surface area contributed by atoms with Crippen LogP contribution in [-0.4, -0.2) is 40.2 Å². The van der Waals surface area contributed by atoms with Crippen molar-refractivity contribution in [2.75, 3.05) is 24.6 Å². The minimum atomic E-state index is -0.345. The second-order valence-corrected chi connectivity index (χ2v) is 9.05. The van der Waals surface area contributed by atoms with Crippen molar-refractivity contribution < 1.29 is 9.13 Å². The van der Waals surface area contributed by atoms with Crippen molar-refractivity contribution in [2.24, 2.45) is 5.73 Å². The lowest BCUT2D eigenvalue weighted by molar-refractivity contribution is 0.357. The van der Waals surface area contributed by atoms with E-state index in [1.54, 1.807) is 12.3 Å². The van der Waals surface area contributed by atoms with Crippen LogP contribution < -0.4 is 15.4 Å². The Kier molecular flexibility index (Phi) is 4.23. The molecule has 1 atom stereocenters. The Labute approximate surface area is 185 Å². The van der Waals surface area contributed by atoms with E-state index in [-0.39, 0.29) is 11.4 Å². The molecule has 162 valence electrons. The molecule has 2 aliphatic rings. The summed E-state index contributed by atoms with van der Waals surface area (Å²) < 4.78 is 20.2. The molecule has 0 aliphatic carbocycles. The van der Waals surface area contributed by atoms with E-state index in [4.69, 9.17) is 10.5 Å². The number of pyridine rings is 1. The van der Waals surface area contributed by atoms with E-state index < -0.39 is 0 Å². The van der Waals surface area contributed by atoms with Crippen molar-refractivity contribution in [3.05, 3.63) is 60.2 Å². The van der Waals surface area contributed by atoms with Gasteiger partial charge < -0.3 is 20.4 Å². The molecular weight excluding hydrogens is 405 g/mol. The fourth-order valence-corrected chi connectivity index (χ4v) is 4.81. The quantitative estimate of drug-likeness (QED) is 0.508. The van der Waals surface area contributed by atoms with E-state index in [0.717, 1.165) is 47.5 Å². The number of para-hydroxylation sites is 1. The second kappa shape index (κ2) is 7.03. The number of aromatic amines is 1. The van der Waals surface area contributed by atoms with Gasteiger partial charge >= 0.3 is 0 Å². The monoisotopic (exact) mass is 429 g/mol. The van der Waals surface area contributed by atoms with Gasteiger partial charge in [0, 0.05) is 43.0 Å². The molecule has 3 N–H and O–H groups in total. The van der Waals surface area contributed by atoms with Crippen molar-refractivity contribution in [3.8, 4) is 28.3 Å². The van der Waals surface area contributed by atoms with Gasteiger partial charge in [0.2, 0.25) is 0 Å². The number of benzene rings is 2.